The largest absolute Gasteiger partial charge is 0.480 e. The molecule has 16 heavy (non-hydrogen) atoms. The first-order valence-corrected chi connectivity index (χ1v) is 9.47. The minimum Gasteiger partial charge on any atom is -0.480 e. The normalized spacial score (nSPS) is 25.5. The first kappa shape index (κ1) is 13.6. The Labute approximate surface area is 102 Å². The van der Waals surface area contributed by atoms with Crippen LogP contribution in [-0.4, -0.2) is 47.9 Å². The van der Waals surface area contributed by atoms with Gasteiger partial charge in [0.25, 0.3) is 0 Å². The average molecular weight is 261 g/mol. The fourth-order valence-corrected chi connectivity index (χ4v) is 5.11. The second-order valence-corrected chi connectivity index (χ2v) is 10.7. The molecule has 0 aromatic rings. The molecule has 0 bridgehead atoms. The van der Waals surface area contributed by atoms with E-state index in [0.717, 1.165) is 0 Å². The van der Waals surface area contributed by atoms with Crippen LogP contribution in [0.15, 0.2) is 0 Å². The van der Waals surface area contributed by atoms with Crippen LogP contribution < -0.4 is 0 Å². The highest BCUT2D eigenvalue weighted by molar-refractivity contribution is 7.80. The van der Waals surface area contributed by atoms with Crippen LogP contribution in [0.5, 0.6) is 0 Å². The van der Waals surface area contributed by atoms with Gasteiger partial charge in [0, 0.05) is 17.8 Å². The number of carbonyl (C=O) groups excluding carboxylic acids is 1. The minimum absolute atomic E-state index is 0.0690. The molecular formula is C10H19NO3SSi. The molecule has 1 heterocycles. The number of aliphatic carboxylic acids is 1. The molecule has 1 aliphatic heterocycles. The number of rotatable bonds is 3. The number of carboxylic acids is 1. The van der Waals surface area contributed by atoms with Crippen LogP contribution >= 0.6 is 12.6 Å². The van der Waals surface area contributed by atoms with Crippen molar-refractivity contribution >= 4 is 32.6 Å². The predicted octanol–water partition coefficient (Wildman–Crippen LogP) is 1.10. The summed E-state index contributed by atoms with van der Waals surface area (Å²) in [4.78, 5) is 24.7. The third-order valence-corrected chi connectivity index (χ3v) is 6.22. The molecule has 1 aliphatic rings. The van der Waals surface area contributed by atoms with Gasteiger partial charge < -0.3 is 10.0 Å². The lowest BCUT2D eigenvalue weighted by atomic mass is 10.1. The predicted molar refractivity (Wildman–Crippen MR) is 68.4 cm³/mol. The average Bonchev–Trinajstić information content (AvgIpc) is 2.52. The fourth-order valence-electron chi connectivity index (χ4n) is 2.08. The van der Waals surface area contributed by atoms with E-state index < -0.39 is 20.1 Å². The molecule has 1 rings (SSSR count). The first-order chi connectivity index (χ1) is 7.28. The van der Waals surface area contributed by atoms with E-state index >= 15 is 0 Å². The second kappa shape index (κ2) is 4.79. The van der Waals surface area contributed by atoms with Crippen molar-refractivity contribution in [3.8, 4) is 0 Å². The van der Waals surface area contributed by atoms with Gasteiger partial charge in [-0.1, -0.05) is 20.0 Å². The van der Waals surface area contributed by atoms with Crippen LogP contribution in [0.1, 0.15) is 6.92 Å². The van der Waals surface area contributed by atoms with Gasteiger partial charge in [0.1, 0.15) is 6.04 Å². The summed E-state index contributed by atoms with van der Waals surface area (Å²) >= 11 is 4.09. The van der Waals surface area contributed by atoms with Crippen molar-refractivity contribution in [2.75, 3.05) is 11.9 Å². The molecule has 1 fully saturated rings. The molecule has 0 unspecified atom stereocenters. The molecule has 0 spiro atoms. The lowest BCUT2D eigenvalue weighted by Crippen LogP contribution is -2.44. The van der Waals surface area contributed by atoms with Crippen LogP contribution in [0.4, 0.5) is 0 Å². The van der Waals surface area contributed by atoms with Crippen LogP contribution in [-0.2, 0) is 9.59 Å². The number of carbonyl (C=O) groups is 2. The van der Waals surface area contributed by atoms with Gasteiger partial charge in [-0.2, -0.15) is 12.6 Å². The molecule has 92 valence electrons. The maximum Gasteiger partial charge on any atom is 0.326 e. The van der Waals surface area contributed by atoms with E-state index in [-0.39, 0.29) is 11.8 Å². The third-order valence-electron chi connectivity index (χ3n) is 2.98. The summed E-state index contributed by atoms with van der Waals surface area (Å²) in [5.74, 6) is -0.685. The Morgan fingerprint density at radius 3 is 2.56 bits per heavy atom. The molecule has 1 amide bonds. The molecular weight excluding hydrogens is 242 g/mol. The molecule has 0 aliphatic carbocycles. The van der Waals surface area contributed by atoms with E-state index in [0.29, 0.717) is 18.0 Å². The number of nitrogens with zero attached hydrogens (tertiary/aromatic N) is 1. The molecule has 2 atom stereocenters. The van der Waals surface area contributed by atoms with Crippen LogP contribution in [0, 0.1) is 5.92 Å². The van der Waals surface area contributed by atoms with Gasteiger partial charge in [-0.05, 0) is 6.04 Å². The van der Waals surface area contributed by atoms with Gasteiger partial charge in [-0.3, -0.25) is 4.79 Å². The monoisotopic (exact) mass is 261 g/mol. The lowest BCUT2D eigenvalue weighted by molar-refractivity contribution is -0.149. The number of hydrogen-bond donors (Lipinski definition) is 2. The Hall–Kier alpha value is -0.493. The number of carboxylic acid groups (broad SMARTS) is 1. The van der Waals surface area contributed by atoms with Crippen molar-refractivity contribution in [2.45, 2.75) is 32.1 Å². The Morgan fingerprint density at radius 2 is 2.12 bits per heavy atom. The van der Waals surface area contributed by atoms with Crippen LogP contribution in [0.2, 0.25) is 19.1 Å². The zero-order valence-corrected chi connectivity index (χ0v) is 11.8. The standard InChI is InChI=1S/C10H19NO3SSi/c1-7(4-15)9(12)11-6-16(2,3)5-8(11)10(13)14/h7-8,15H,4-6H2,1-3H3,(H,13,14)/t7-,8-/m0/s1. The highest BCUT2D eigenvalue weighted by Crippen LogP contribution is 2.28. The van der Waals surface area contributed by atoms with Gasteiger partial charge in [0.05, 0.1) is 8.07 Å². The lowest BCUT2D eigenvalue weighted by Gasteiger charge is -2.24. The first-order valence-electron chi connectivity index (χ1n) is 5.42. The van der Waals surface area contributed by atoms with E-state index in [4.69, 9.17) is 5.11 Å². The smallest absolute Gasteiger partial charge is 0.326 e. The van der Waals surface area contributed by atoms with Crippen LogP contribution in [0.25, 0.3) is 0 Å². The fraction of sp³-hybridized carbons (Fsp3) is 0.800. The van der Waals surface area contributed by atoms with Crippen molar-refractivity contribution in [3.63, 3.8) is 0 Å². The van der Waals surface area contributed by atoms with Crippen molar-refractivity contribution in [3.05, 3.63) is 0 Å². The molecule has 1 saturated heterocycles. The summed E-state index contributed by atoms with van der Waals surface area (Å²) in [5.41, 5.74) is 0. The van der Waals surface area contributed by atoms with Crippen molar-refractivity contribution in [1.29, 1.82) is 0 Å². The van der Waals surface area contributed by atoms with Crippen molar-refractivity contribution in [1.82, 2.24) is 4.90 Å². The Morgan fingerprint density at radius 1 is 1.56 bits per heavy atom. The van der Waals surface area contributed by atoms with E-state index in [2.05, 4.69) is 25.7 Å². The minimum atomic E-state index is -1.55. The molecule has 0 saturated carbocycles. The summed E-state index contributed by atoms with van der Waals surface area (Å²) < 4.78 is 0. The third kappa shape index (κ3) is 2.79. The Bertz CT molecular complexity index is 308. The highest BCUT2D eigenvalue weighted by Gasteiger charge is 2.45. The summed E-state index contributed by atoms with van der Waals surface area (Å²) in [6, 6.07) is 0.0457. The van der Waals surface area contributed by atoms with Gasteiger partial charge in [0.2, 0.25) is 5.91 Å². The molecule has 0 aromatic heterocycles. The Balaban J connectivity index is 2.85. The van der Waals surface area contributed by atoms with Crippen molar-refractivity contribution < 1.29 is 14.7 Å². The molecule has 0 radical (unpaired) electrons. The van der Waals surface area contributed by atoms with Crippen molar-refractivity contribution in [2.24, 2.45) is 5.92 Å². The van der Waals surface area contributed by atoms with E-state index in [1.807, 2.05) is 0 Å². The zero-order valence-electron chi connectivity index (χ0n) is 9.93. The van der Waals surface area contributed by atoms with E-state index in [1.54, 1.807) is 11.8 Å². The van der Waals surface area contributed by atoms with Gasteiger partial charge in [0.15, 0.2) is 0 Å². The van der Waals surface area contributed by atoms with Gasteiger partial charge >= 0.3 is 5.97 Å². The summed E-state index contributed by atoms with van der Waals surface area (Å²) in [6.07, 6.45) is 0.654. The number of hydrogen-bond acceptors (Lipinski definition) is 3. The quantitative estimate of drug-likeness (QED) is 0.591. The maximum atomic E-state index is 12.0. The van der Waals surface area contributed by atoms with Gasteiger partial charge in [-0.25, -0.2) is 4.79 Å². The maximum absolute atomic E-state index is 12.0. The van der Waals surface area contributed by atoms with Gasteiger partial charge in [-0.15, -0.1) is 0 Å². The topological polar surface area (TPSA) is 57.6 Å². The summed E-state index contributed by atoms with van der Waals surface area (Å²) in [6.45, 7) is 6.05. The zero-order chi connectivity index (χ0) is 12.5. The molecule has 6 heteroatoms. The Kier molecular flexibility index (Phi) is 4.06. The number of thiol groups is 1. The number of amides is 1. The summed E-state index contributed by atoms with van der Waals surface area (Å²) in [7, 11) is -1.55. The summed E-state index contributed by atoms with van der Waals surface area (Å²) in [5, 5.41) is 9.13. The molecule has 1 N–H and O–H groups in total. The molecule has 4 nitrogen and oxygen atoms in total. The van der Waals surface area contributed by atoms with E-state index in [1.165, 1.54) is 0 Å². The second-order valence-electron chi connectivity index (χ2n) is 5.27. The highest BCUT2D eigenvalue weighted by atomic mass is 32.1. The molecule has 0 aromatic carbocycles. The van der Waals surface area contributed by atoms with Crippen LogP contribution in [0.3, 0.4) is 0 Å². The van der Waals surface area contributed by atoms with E-state index in [9.17, 15) is 9.59 Å². The SMILES string of the molecule is C[C@@H](CS)C(=O)N1C[Si](C)(C)C[C@H]1C(=O)O.